The molecular formula is C14H23NO3. The van der Waals surface area contributed by atoms with Gasteiger partial charge in [0.1, 0.15) is 11.5 Å². The van der Waals surface area contributed by atoms with Crippen LogP contribution in [0.4, 0.5) is 0 Å². The number of hydrogen-bond donors (Lipinski definition) is 1. The third-order valence-electron chi connectivity index (χ3n) is 2.94. The van der Waals surface area contributed by atoms with Crippen LogP contribution in [0.15, 0.2) is 12.1 Å². The number of nitrogens with zero attached hydrogens (tertiary/aromatic N) is 1. The molecule has 1 N–H and O–H groups in total. The Labute approximate surface area is 109 Å². The summed E-state index contributed by atoms with van der Waals surface area (Å²) in [5.74, 6) is 1.76. The fourth-order valence-corrected chi connectivity index (χ4v) is 1.95. The van der Waals surface area contributed by atoms with Gasteiger partial charge in [-0.1, -0.05) is 0 Å². The molecule has 0 amide bonds. The van der Waals surface area contributed by atoms with Gasteiger partial charge in [0.15, 0.2) is 0 Å². The predicted molar refractivity (Wildman–Crippen MR) is 72.3 cm³/mol. The van der Waals surface area contributed by atoms with Gasteiger partial charge in [-0.25, -0.2) is 0 Å². The van der Waals surface area contributed by atoms with Gasteiger partial charge in [0, 0.05) is 25.3 Å². The molecule has 0 radical (unpaired) electrons. The van der Waals surface area contributed by atoms with Crippen LogP contribution in [0.2, 0.25) is 0 Å². The molecule has 0 aliphatic heterocycles. The molecule has 4 heteroatoms. The Morgan fingerprint density at radius 3 is 2.39 bits per heavy atom. The summed E-state index contributed by atoms with van der Waals surface area (Å²) in [5, 5.41) is 8.83. The monoisotopic (exact) mass is 253 g/mol. The van der Waals surface area contributed by atoms with Crippen molar-refractivity contribution in [3.63, 3.8) is 0 Å². The van der Waals surface area contributed by atoms with E-state index in [-0.39, 0.29) is 6.61 Å². The molecule has 0 aromatic heterocycles. The Morgan fingerprint density at radius 1 is 1.17 bits per heavy atom. The van der Waals surface area contributed by atoms with Gasteiger partial charge in [-0.15, -0.1) is 0 Å². The standard InChI is InChI=1S/C14H23NO3/c1-11-8-14(18-4)12(9-13(11)17-3)10-15(2)6-5-7-16/h8-9,16H,5-7,10H2,1-4H3. The van der Waals surface area contributed by atoms with Crippen LogP contribution in [0.5, 0.6) is 11.5 Å². The highest BCUT2D eigenvalue weighted by Gasteiger charge is 2.10. The van der Waals surface area contributed by atoms with Gasteiger partial charge in [0.2, 0.25) is 0 Å². The Kier molecular flexibility index (Phi) is 5.95. The van der Waals surface area contributed by atoms with Gasteiger partial charge in [-0.2, -0.15) is 0 Å². The number of hydrogen-bond acceptors (Lipinski definition) is 4. The van der Waals surface area contributed by atoms with Crippen LogP contribution >= 0.6 is 0 Å². The van der Waals surface area contributed by atoms with Crippen LogP contribution in [0.1, 0.15) is 17.5 Å². The number of benzene rings is 1. The van der Waals surface area contributed by atoms with E-state index in [2.05, 4.69) is 4.90 Å². The van der Waals surface area contributed by atoms with Gasteiger partial charge < -0.3 is 19.5 Å². The number of aryl methyl sites for hydroxylation is 1. The van der Waals surface area contributed by atoms with E-state index in [4.69, 9.17) is 14.6 Å². The first-order chi connectivity index (χ1) is 8.62. The molecule has 0 fully saturated rings. The highest BCUT2D eigenvalue weighted by molar-refractivity contribution is 5.45. The number of aliphatic hydroxyl groups excluding tert-OH is 1. The maximum atomic E-state index is 8.83. The Morgan fingerprint density at radius 2 is 1.83 bits per heavy atom. The molecule has 0 saturated carbocycles. The third-order valence-corrected chi connectivity index (χ3v) is 2.94. The van der Waals surface area contributed by atoms with Crippen LogP contribution in [-0.2, 0) is 6.54 Å². The summed E-state index contributed by atoms with van der Waals surface area (Å²) in [4.78, 5) is 2.16. The van der Waals surface area contributed by atoms with Crippen molar-refractivity contribution in [2.45, 2.75) is 19.9 Å². The van der Waals surface area contributed by atoms with Gasteiger partial charge in [0.05, 0.1) is 14.2 Å². The summed E-state index contributed by atoms with van der Waals surface area (Å²) in [6.07, 6.45) is 0.780. The van der Waals surface area contributed by atoms with E-state index in [1.165, 1.54) is 0 Å². The van der Waals surface area contributed by atoms with Crippen LogP contribution in [0.3, 0.4) is 0 Å². The molecular weight excluding hydrogens is 230 g/mol. The van der Waals surface area contributed by atoms with Crippen molar-refractivity contribution in [2.24, 2.45) is 0 Å². The minimum absolute atomic E-state index is 0.221. The maximum Gasteiger partial charge on any atom is 0.123 e. The second-order valence-corrected chi connectivity index (χ2v) is 4.45. The van der Waals surface area contributed by atoms with Crippen molar-refractivity contribution in [1.82, 2.24) is 4.90 Å². The lowest BCUT2D eigenvalue weighted by atomic mass is 10.1. The quantitative estimate of drug-likeness (QED) is 0.805. The summed E-state index contributed by atoms with van der Waals surface area (Å²) in [6.45, 7) is 3.86. The zero-order chi connectivity index (χ0) is 13.5. The predicted octanol–water partition coefficient (Wildman–Crippen LogP) is 1.83. The zero-order valence-electron chi connectivity index (χ0n) is 11.7. The van der Waals surface area contributed by atoms with E-state index >= 15 is 0 Å². The van der Waals surface area contributed by atoms with Gasteiger partial charge in [-0.05, 0) is 38.1 Å². The van der Waals surface area contributed by atoms with E-state index < -0.39 is 0 Å². The second-order valence-electron chi connectivity index (χ2n) is 4.45. The second kappa shape index (κ2) is 7.24. The van der Waals surface area contributed by atoms with Crippen LogP contribution < -0.4 is 9.47 Å². The molecule has 18 heavy (non-hydrogen) atoms. The normalized spacial score (nSPS) is 10.8. The molecule has 102 valence electrons. The molecule has 0 spiro atoms. The number of ether oxygens (including phenoxy) is 2. The van der Waals surface area contributed by atoms with Gasteiger partial charge >= 0.3 is 0 Å². The van der Waals surface area contributed by atoms with Crippen LogP contribution in [0.25, 0.3) is 0 Å². The first kappa shape index (κ1) is 14.8. The van der Waals surface area contributed by atoms with Crippen molar-refractivity contribution in [3.05, 3.63) is 23.3 Å². The third kappa shape index (κ3) is 3.89. The average Bonchev–Trinajstić information content (AvgIpc) is 2.37. The van der Waals surface area contributed by atoms with E-state index in [1.807, 2.05) is 26.1 Å². The lowest BCUT2D eigenvalue weighted by Crippen LogP contribution is -2.20. The lowest BCUT2D eigenvalue weighted by molar-refractivity contribution is 0.242. The summed E-state index contributed by atoms with van der Waals surface area (Å²) in [6, 6.07) is 4.01. The Bertz CT molecular complexity index is 380. The van der Waals surface area contributed by atoms with Crippen molar-refractivity contribution in [3.8, 4) is 11.5 Å². The smallest absolute Gasteiger partial charge is 0.123 e. The molecule has 1 rings (SSSR count). The molecule has 0 unspecified atom stereocenters. The first-order valence-electron chi connectivity index (χ1n) is 6.13. The number of rotatable bonds is 7. The van der Waals surface area contributed by atoms with E-state index in [0.717, 1.165) is 42.1 Å². The minimum Gasteiger partial charge on any atom is -0.496 e. The molecule has 0 bridgehead atoms. The summed E-state index contributed by atoms with van der Waals surface area (Å²) in [5.41, 5.74) is 2.16. The minimum atomic E-state index is 0.221. The molecule has 1 aromatic rings. The topological polar surface area (TPSA) is 41.9 Å². The van der Waals surface area contributed by atoms with Gasteiger partial charge in [-0.3, -0.25) is 0 Å². The van der Waals surface area contributed by atoms with Crippen LogP contribution in [0, 0.1) is 6.92 Å². The highest BCUT2D eigenvalue weighted by atomic mass is 16.5. The Balaban J connectivity index is 2.85. The number of aliphatic hydroxyl groups is 1. The molecule has 0 atom stereocenters. The van der Waals surface area contributed by atoms with E-state index in [9.17, 15) is 0 Å². The summed E-state index contributed by atoms with van der Waals surface area (Å²) < 4.78 is 10.7. The fraction of sp³-hybridized carbons (Fsp3) is 0.571. The van der Waals surface area contributed by atoms with E-state index in [1.54, 1.807) is 14.2 Å². The van der Waals surface area contributed by atoms with Crippen LogP contribution in [-0.4, -0.2) is 44.4 Å². The molecule has 0 aliphatic rings. The molecule has 0 heterocycles. The summed E-state index contributed by atoms with van der Waals surface area (Å²) in [7, 11) is 5.38. The van der Waals surface area contributed by atoms with Gasteiger partial charge in [0.25, 0.3) is 0 Å². The van der Waals surface area contributed by atoms with Crippen molar-refractivity contribution >= 4 is 0 Å². The zero-order valence-corrected chi connectivity index (χ0v) is 11.7. The molecule has 1 aromatic carbocycles. The molecule has 4 nitrogen and oxygen atoms in total. The largest absolute Gasteiger partial charge is 0.496 e. The van der Waals surface area contributed by atoms with Crippen molar-refractivity contribution in [1.29, 1.82) is 0 Å². The maximum absolute atomic E-state index is 8.83. The van der Waals surface area contributed by atoms with E-state index in [0.29, 0.717) is 0 Å². The van der Waals surface area contributed by atoms with Crippen molar-refractivity contribution < 1.29 is 14.6 Å². The molecule has 0 saturated heterocycles. The summed E-state index contributed by atoms with van der Waals surface area (Å²) >= 11 is 0. The number of methoxy groups -OCH3 is 2. The highest BCUT2D eigenvalue weighted by Crippen LogP contribution is 2.28. The SMILES string of the molecule is COc1cc(CN(C)CCCO)c(OC)cc1C. The van der Waals surface area contributed by atoms with Crippen molar-refractivity contribution in [2.75, 3.05) is 34.4 Å². The fourth-order valence-electron chi connectivity index (χ4n) is 1.95. The molecule has 0 aliphatic carbocycles. The lowest BCUT2D eigenvalue weighted by Gasteiger charge is -2.19. The average molecular weight is 253 g/mol. The Hall–Kier alpha value is -1.26. The first-order valence-corrected chi connectivity index (χ1v) is 6.13.